The summed E-state index contributed by atoms with van der Waals surface area (Å²) in [6, 6.07) is 6.16. The van der Waals surface area contributed by atoms with E-state index in [1.165, 1.54) is 21.9 Å². The van der Waals surface area contributed by atoms with Gasteiger partial charge < -0.3 is 4.74 Å². The first-order chi connectivity index (χ1) is 6.24. The Balaban J connectivity index is 2.53. The van der Waals surface area contributed by atoms with Gasteiger partial charge in [-0.05, 0) is 37.1 Å². The maximum absolute atomic E-state index is 5.51. The molecule has 1 rings (SSSR count). The Labute approximate surface area is 88.7 Å². The minimum atomic E-state index is 0.719. The highest BCUT2D eigenvalue weighted by Gasteiger charge is 1.96. The van der Waals surface area contributed by atoms with E-state index < -0.39 is 0 Å². The van der Waals surface area contributed by atoms with Crippen LogP contribution in [0.5, 0.6) is 5.75 Å². The molecule has 0 N–H and O–H groups in total. The summed E-state index contributed by atoms with van der Waals surface area (Å²) in [6.45, 7) is 4.91. The number of thiol groups is 1. The van der Waals surface area contributed by atoms with E-state index in [2.05, 4.69) is 37.6 Å². The van der Waals surface area contributed by atoms with Gasteiger partial charge in [-0.25, -0.2) is 0 Å². The van der Waals surface area contributed by atoms with Crippen molar-refractivity contribution in [2.45, 2.75) is 13.8 Å². The highest BCUT2D eigenvalue weighted by Crippen LogP contribution is 2.16. The van der Waals surface area contributed by atoms with Gasteiger partial charge in [-0.2, -0.15) is 0 Å². The zero-order valence-electron chi connectivity index (χ0n) is 7.91. The lowest BCUT2D eigenvalue weighted by molar-refractivity contribution is 0.344. The van der Waals surface area contributed by atoms with Crippen molar-refractivity contribution in [3.8, 4) is 5.75 Å². The van der Waals surface area contributed by atoms with Crippen molar-refractivity contribution in [3.63, 3.8) is 0 Å². The molecule has 0 fully saturated rings. The van der Waals surface area contributed by atoms with Crippen molar-refractivity contribution in [1.29, 1.82) is 0 Å². The quantitative estimate of drug-likeness (QED) is 0.468. The molecule has 1 nitrogen and oxygen atoms in total. The first-order valence-corrected chi connectivity index (χ1v) is 6.24. The highest BCUT2D eigenvalue weighted by atomic mass is 33.1. The predicted octanol–water partition coefficient (Wildman–Crippen LogP) is 3.26. The van der Waals surface area contributed by atoms with E-state index >= 15 is 0 Å². The predicted molar refractivity (Wildman–Crippen MR) is 62.9 cm³/mol. The van der Waals surface area contributed by atoms with Gasteiger partial charge in [0.1, 0.15) is 5.75 Å². The second kappa shape index (κ2) is 5.45. The Morgan fingerprint density at radius 3 is 2.69 bits per heavy atom. The van der Waals surface area contributed by atoms with Crippen LogP contribution in [-0.4, -0.2) is 12.4 Å². The molecule has 0 bridgehead atoms. The van der Waals surface area contributed by atoms with Crippen molar-refractivity contribution in [3.05, 3.63) is 29.3 Å². The van der Waals surface area contributed by atoms with Crippen LogP contribution in [0.3, 0.4) is 0 Å². The van der Waals surface area contributed by atoms with Gasteiger partial charge in [0, 0.05) is 5.75 Å². The van der Waals surface area contributed by atoms with E-state index in [1.54, 1.807) is 0 Å². The SMILES string of the molecule is Cc1ccc(OCCSS)cc1C. The van der Waals surface area contributed by atoms with E-state index in [0.717, 1.165) is 18.1 Å². The molecule has 0 aromatic heterocycles. The monoisotopic (exact) mass is 214 g/mol. The molecule has 1 aromatic rings. The number of hydrogen-bond donors (Lipinski definition) is 1. The fourth-order valence-electron chi connectivity index (χ4n) is 1.00. The van der Waals surface area contributed by atoms with Crippen LogP contribution in [0.2, 0.25) is 0 Å². The fraction of sp³-hybridized carbons (Fsp3) is 0.400. The summed E-state index contributed by atoms with van der Waals surface area (Å²) >= 11 is 4.04. The van der Waals surface area contributed by atoms with Crippen LogP contribution >= 0.6 is 22.5 Å². The van der Waals surface area contributed by atoms with E-state index in [0.29, 0.717) is 0 Å². The molecule has 0 unspecified atom stereocenters. The van der Waals surface area contributed by atoms with Gasteiger partial charge in [0.25, 0.3) is 0 Å². The number of hydrogen-bond acceptors (Lipinski definition) is 3. The lowest BCUT2D eigenvalue weighted by Gasteiger charge is -2.06. The van der Waals surface area contributed by atoms with Gasteiger partial charge in [-0.3, -0.25) is 0 Å². The first kappa shape index (κ1) is 10.8. The molecule has 0 amide bonds. The summed E-state index contributed by atoms with van der Waals surface area (Å²) in [5.74, 6) is 1.86. The molecular weight excluding hydrogens is 200 g/mol. The molecule has 0 atom stereocenters. The zero-order valence-corrected chi connectivity index (χ0v) is 9.62. The van der Waals surface area contributed by atoms with Crippen molar-refractivity contribution in [2.75, 3.05) is 12.4 Å². The molecule has 0 saturated heterocycles. The molecule has 13 heavy (non-hydrogen) atoms. The summed E-state index contributed by atoms with van der Waals surface area (Å²) in [7, 11) is 1.50. The number of aryl methyl sites for hydroxylation is 2. The van der Waals surface area contributed by atoms with Crippen LogP contribution in [0.4, 0.5) is 0 Å². The molecule has 3 heteroatoms. The van der Waals surface area contributed by atoms with Crippen molar-refractivity contribution < 1.29 is 4.74 Å². The summed E-state index contributed by atoms with van der Waals surface area (Å²) in [4.78, 5) is 0. The van der Waals surface area contributed by atoms with Crippen LogP contribution in [-0.2, 0) is 0 Å². The third-order valence-electron chi connectivity index (χ3n) is 1.92. The Bertz CT molecular complexity index is 274. The van der Waals surface area contributed by atoms with Gasteiger partial charge in [0.15, 0.2) is 0 Å². The lowest BCUT2D eigenvalue weighted by atomic mass is 10.1. The van der Waals surface area contributed by atoms with Crippen molar-refractivity contribution in [1.82, 2.24) is 0 Å². The second-order valence-corrected chi connectivity index (χ2v) is 4.37. The molecule has 0 aliphatic rings. The summed E-state index contributed by atoms with van der Waals surface area (Å²) < 4.78 is 5.51. The summed E-state index contributed by atoms with van der Waals surface area (Å²) in [5.41, 5.74) is 2.58. The summed E-state index contributed by atoms with van der Waals surface area (Å²) in [5, 5.41) is 0. The van der Waals surface area contributed by atoms with Crippen LogP contribution in [0.1, 0.15) is 11.1 Å². The number of ether oxygens (including phenoxy) is 1. The molecule has 1 aromatic carbocycles. The molecule has 72 valence electrons. The minimum Gasteiger partial charge on any atom is -0.493 e. The standard InChI is InChI=1S/C10H14OS2/c1-8-3-4-10(7-9(8)2)11-5-6-13-12/h3-4,7,12H,5-6H2,1-2H3. The normalized spacial score (nSPS) is 10.1. The fourth-order valence-corrected chi connectivity index (χ4v) is 1.38. The second-order valence-electron chi connectivity index (χ2n) is 2.93. The van der Waals surface area contributed by atoms with Crippen LogP contribution in [0, 0.1) is 13.8 Å². The average molecular weight is 214 g/mol. The number of rotatable bonds is 4. The smallest absolute Gasteiger partial charge is 0.119 e. The first-order valence-electron chi connectivity index (χ1n) is 4.20. The van der Waals surface area contributed by atoms with Crippen molar-refractivity contribution >= 4 is 22.5 Å². The molecule has 0 aliphatic heterocycles. The Hall–Kier alpha value is -0.280. The Morgan fingerprint density at radius 2 is 2.08 bits per heavy atom. The zero-order chi connectivity index (χ0) is 9.68. The van der Waals surface area contributed by atoms with Crippen molar-refractivity contribution in [2.24, 2.45) is 0 Å². The molecule has 0 radical (unpaired) electrons. The number of benzene rings is 1. The van der Waals surface area contributed by atoms with Crippen LogP contribution in [0.25, 0.3) is 0 Å². The largest absolute Gasteiger partial charge is 0.493 e. The third kappa shape index (κ3) is 3.53. The molecular formula is C10H14OS2. The van der Waals surface area contributed by atoms with E-state index in [4.69, 9.17) is 4.74 Å². The lowest BCUT2D eigenvalue weighted by Crippen LogP contribution is -1.99. The van der Waals surface area contributed by atoms with E-state index in [1.807, 2.05) is 6.07 Å². The maximum Gasteiger partial charge on any atom is 0.119 e. The van der Waals surface area contributed by atoms with Gasteiger partial charge >= 0.3 is 0 Å². The highest BCUT2D eigenvalue weighted by molar-refractivity contribution is 8.68. The average Bonchev–Trinajstić information content (AvgIpc) is 2.12. The molecule has 0 spiro atoms. The Morgan fingerprint density at radius 1 is 1.31 bits per heavy atom. The van der Waals surface area contributed by atoms with Crippen LogP contribution < -0.4 is 4.74 Å². The third-order valence-corrected chi connectivity index (χ3v) is 2.82. The van der Waals surface area contributed by atoms with Gasteiger partial charge in [0.2, 0.25) is 0 Å². The molecule has 0 saturated carbocycles. The molecule has 0 aliphatic carbocycles. The van der Waals surface area contributed by atoms with Gasteiger partial charge in [-0.15, -0.1) is 11.7 Å². The van der Waals surface area contributed by atoms with Crippen LogP contribution in [0.15, 0.2) is 18.2 Å². The van der Waals surface area contributed by atoms with Gasteiger partial charge in [-0.1, -0.05) is 16.9 Å². The van der Waals surface area contributed by atoms with Gasteiger partial charge in [0.05, 0.1) is 6.61 Å². The Kier molecular flexibility index (Phi) is 4.53. The topological polar surface area (TPSA) is 9.23 Å². The van der Waals surface area contributed by atoms with E-state index in [-0.39, 0.29) is 0 Å². The summed E-state index contributed by atoms with van der Waals surface area (Å²) in [6.07, 6.45) is 0. The minimum absolute atomic E-state index is 0.719. The molecule has 0 heterocycles. The maximum atomic E-state index is 5.51. The van der Waals surface area contributed by atoms with E-state index in [9.17, 15) is 0 Å².